The number of aryl methyl sites for hydroxylation is 2. The third kappa shape index (κ3) is 2.09. The summed E-state index contributed by atoms with van der Waals surface area (Å²) in [5.74, 6) is 1.43. The minimum atomic E-state index is 0.662. The van der Waals surface area contributed by atoms with Gasteiger partial charge < -0.3 is 10.5 Å². The van der Waals surface area contributed by atoms with E-state index in [4.69, 9.17) is 10.5 Å². The van der Waals surface area contributed by atoms with Gasteiger partial charge in [0.05, 0.1) is 0 Å². The van der Waals surface area contributed by atoms with Gasteiger partial charge in [-0.25, -0.2) is 4.98 Å². The fraction of sp³-hybridized carbons (Fsp3) is 0.214. The lowest BCUT2D eigenvalue weighted by atomic mass is 10.2. The van der Waals surface area contributed by atoms with E-state index in [1.54, 1.807) is 0 Å². The van der Waals surface area contributed by atoms with E-state index in [2.05, 4.69) is 11.1 Å². The van der Waals surface area contributed by atoms with E-state index >= 15 is 0 Å². The topological polar surface area (TPSA) is 48.1 Å². The Hall–Kier alpha value is -2.03. The predicted molar refractivity (Wildman–Crippen MR) is 67.2 cm³/mol. The van der Waals surface area contributed by atoms with Crippen LogP contribution in [0.2, 0.25) is 0 Å². The normalized spacial score (nSPS) is 13.4. The lowest BCUT2D eigenvalue weighted by Crippen LogP contribution is -1.93. The molecule has 0 aliphatic heterocycles. The highest BCUT2D eigenvalue weighted by molar-refractivity contribution is 5.42. The molecule has 3 rings (SSSR count). The number of aromatic nitrogens is 1. The maximum atomic E-state index is 5.69. The van der Waals surface area contributed by atoms with Crippen LogP contribution in [-0.2, 0) is 12.8 Å². The molecule has 0 fully saturated rings. The van der Waals surface area contributed by atoms with Crippen LogP contribution in [0.1, 0.15) is 17.7 Å². The molecule has 3 nitrogen and oxygen atoms in total. The minimum absolute atomic E-state index is 0.662. The molecule has 17 heavy (non-hydrogen) atoms. The molecule has 0 atom stereocenters. The number of nitrogen functional groups attached to an aromatic ring is 1. The Morgan fingerprint density at radius 1 is 1.00 bits per heavy atom. The highest BCUT2D eigenvalue weighted by atomic mass is 16.5. The van der Waals surface area contributed by atoms with E-state index in [0.29, 0.717) is 5.88 Å². The molecule has 86 valence electrons. The van der Waals surface area contributed by atoms with E-state index in [0.717, 1.165) is 24.3 Å². The Morgan fingerprint density at radius 2 is 1.82 bits per heavy atom. The zero-order valence-electron chi connectivity index (χ0n) is 9.52. The van der Waals surface area contributed by atoms with Crippen molar-refractivity contribution in [1.82, 2.24) is 4.98 Å². The van der Waals surface area contributed by atoms with E-state index in [9.17, 15) is 0 Å². The van der Waals surface area contributed by atoms with Crippen molar-refractivity contribution >= 4 is 5.69 Å². The summed E-state index contributed by atoms with van der Waals surface area (Å²) in [5, 5.41) is 0. The number of hydrogen-bond donors (Lipinski definition) is 1. The zero-order chi connectivity index (χ0) is 11.7. The molecule has 0 saturated carbocycles. The number of benzene rings is 1. The average Bonchev–Trinajstić information content (AvgIpc) is 2.79. The van der Waals surface area contributed by atoms with Crippen LogP contribution in [0.25, 0.3) is 0 Å². The minimum Gasteiger partial charge on any atom is -0.439 e. The van der Waals surface area contributed by atoms with Crippen LogP contribution in [0.15, 0.2) is 36.4 Å². The first kappa shape index (κ1) is 10.1. The largest absolute Gasteiger partial charge is 0.439 e. The number of nitrogens with two attached hydrogens (primary N) is 1. The fourth-order valence-corrected chi connectivity index (χ4v) is 2.11. The maximum absolute atomic E-state index is 5.69. The second kappa shape index (κ2) is 4.09. The molecule has 0 saturated heterocycles. The van der Waals surface area contributed by atoms with E-state index in [1.165, 1.54) is 17.7 Å². The first-order valence-corrected chi connectivity index (χ1v) is 5.83. The predicted octanol–water partition coefficient (Wildman–Crippen LogP) is 2.94. The molecular formula is C14H14N2O. The van der Waals surface area contributed by atoms with Crippen LogP contribution in [0.3, 0.4) is 0 Å². The van der Waals surface area contributed by atoms with Crippen molar-refractivity contribution in [3.05, 3.63) is 47.7 Å². The van der Waals surface area contributed by atoms with Crippen molar-refractivity contribution in [3.63, 3.8) is 0 Å². The number of anilines is 1. The van der Waals surface area contributed by atoms with Crippen LogP contribution in [0.5, 0.6) is 11.6 Å². The molecule has 0 unspecified atom stereocenters. The summed E-state index contributed by atoms with van der Waals surface area (Å²) in [5.41, 5.74) is 8.89. The number of rotatable bonds is 2. The van der Waals surface area contributed by atoms with Gasteiger partial charge in [-0.2, -0.15) is 0 Å². The molecule has 1 aliphatic carbocycles. The van der Waals surface area contributed by atoms with Crippen LogP contribution in [0.4, 0.5) is 5.69 Å². The summed E-state index contributed by atoms with van der Waals surface area (Å²) < 4.78 is 5.69. The van der Waals surface area contributed by atoms with Crippen LogP contribution in [0, 0.1) is 0 Å². The van der Waals surface area contributed by atoms with Crippen LogP contribution < -0.4 is 10.5 Å². The molecule has 0 bridgehead atoms. The molecule has 1 heterocycles. The summed E-state index contributed by atoms with van der Waals surface area (Å²) in [6, 6.07) is 11.4. The molecule has 1 aromatic carbocycles. The molecule has 0 radical (unpaired) electrons. The van der Waals surface area contributed by atoms with Gasteiger partial charge >= 0.3 is 0 Å². The lowest BCUT2D eigenvalue weighted by Gasteiger charge is -2.06. The summed E-state index contributed by atoms with van der Waals surface area (Å²) in [6.45, 7) is 0. The van der Waals surface area contributed by atoms with Gasteiger partial charge in [0.2, 0.25) is 5.88 Å². The van der Waals surface area contributed by atoms with Crippen molar-refractivity contribution < 1.29 is 4.74 Å². The van der Waals surface area contributed by atoms with Crippen molar-refractivity contribution in [3.8, 4) is 11.6 Å². The van der Waals surface area contributed by atoms with Crippen LogP contribution >= 0.6 is 0 Å². The Bertz CT molecular complexity index is 534. The smallest absolute Gasteiger partial charge is 0.219 e. The van der Waals surface area contributed by atoms with Gasteiger partial charge in [0.1, 0.15) is 5.75 Å². The molecular weight excluding hydrogens is 212 g/mol. The molecule has 0 spiro atoms. The van der Waals surface area contributed by atoms with Gasteiger partial charge in [0.15, 0.2) is 0 Å². The van der Waals surface area contributed by atoms with Crippen LogP contribution in [-0.4, -0.2) is 4.98 Å². The Balaban J connectivity index is 1.83. The molecule has 2 N–H and O–H groups in total. The van der Waals surface area contributed by atoms with E-state index in [-0.39, 0.29) is 0 Å². The van der Waals surface area contributed by atoms with Crippen molar-refractivity contribution in [1.29, 1.82) is 0 Å². The van der Waals surface area contributed by atoms with Gasteiger partial charge in [-0.1, -0.05) is 6.07 Å². The molecule has 3 heteroatoms. The molecule has 1 aromatic heterocycles. The van der Waals surface area contributed by atoms with Gasteiger partial charge in [-0.3, -0.25) is 0 Å². The first-order chi connectivity index (χ1) is 8.31. The van der Waals surface area contributed by atoms with Crippen molar-refractivity contribution in [2.24, 2.45) is 0 Å². The monoisotopic (exact) mass is 226 g/mol. The van der Waals surface area contributed by atoms with Gasteiger partial charge in [0.25, 0.3) is 0 Å². The van der Waals surface area contributed by atoms with Crippen molar-refractivity contribution in [2.75, 3.05) is 5.73 Å². The number of ether oxygens (including phenoxy) is 1. The zero-order valence-corrected chi connectivity index (χ0v) is 9.52. The first-order valence-electron chi connectivity index (χ1n) is 5.83. The molecule has 2 aromatic rings. The highest BCUT2D eigenvalue weighted by Crippen LogP contribution is 2.25. The Morgan fingerprint density at radius 3 is 2.65 bits per heavy atom. The van der Waals surface area contributed by atoms with Gasteiger partial charge in [0, 0.05) is 17.4 Å². The Kier molecular flexibility index (Phi) is 2.44. The molecule has 0 amide bonds. The number of hydrogen-bond acceptors (Lipinski definition) is 3. The number of pyridine rings is 1. The second-order valence-electron chi connectivity index (χ2n) is 4.28. The number of nitrogens with zero attached hydrogens (tertiary/aromatic N) is 1. The maximum Gasteiger partial charge on any atom is 0.219 e. The average molecular weight is 226 g/mol. The van der Waals surface area contributed by atoms with Gasteiger partial charge in [-0.05, 0) is 49.1 Å². The summed E-state index contributed by atoms with van der Waals surface area (Å²) in [4.78, 5) is 4.52. The van der Waals surface area contributed by atoms with Crippen molar-refractivity contribution in [2.45, 2.75) is 19.3 Å². The number of fused-ring (bicyclic) bond motifs is 1. The summed E-state index contributed by atoms with van der Waals surface area (Å²) in [6.07, 6.45) is 3.41. The second-order valence-corrected chi connectivity index (χ2v) is 4.28. The molecule has 1 aliphatic rings. The standard InChI is InChI=1S/C14H14N2O/c15-11-5-7-12(8-6-11)17-14-9-4-10-2-1-3-13(10)16-14/h4-9H,1-3,15H2. The fourth-order valence-electron chi connectivity index (χ4n) is 2.11. The highest BCUT2D eigenvalue weighted by Gasteiger charge is 2.12. The van der Waals surface area contributed by atoms with E-state index < -0.39 is 0 Å². The third-order valence-electron chi connectivity index (χ3n) is 3.01. The SMILES string of the molecule is Nc1ccc(Oc2ccc3c(n2)CCC3)cc1. The van der Waals surface area contributed by atoms with Gasteiger partial charge in [-0.15, -0.1) is 0 Å². The quantitative estimate of drug-likeness (QED) is 0.801. The summed E-state index contributed by atoms with van der Waals surface area (Å²) in [7, 11) is 0. The van der Waals surface area contributed by atoms with E-state index in [1.807, 2.05) is 30.3 Å². The lowest BCUT2D eigenvalue weighted by molar-refractivity contribution is 0.461. The summed E-state index contributed by atoms with van der Waals surface area (Å²) >= 11 is 0. The third-order valence-corrected chi connectivity index (χ3v) is 3.01. The Labute approximate surface area is 100 Å².